The normalized spacial score (nSPS) is 12.0. The lowest BCUT2D eigenvalue weighted by atomic mass is 10.2. The zero-order chi connectivity index (χ0) is 15.9. The van der Waals surface area contributed by atoms with Crippen LogP contribution in [-0.4, -0.2) is 33.9 Å². The molecular weight excluding hydrogens is 310 g/mol. The van der Waals surface area contributed by atoms with E-state index >= 15 is 0 Å². The van der Waals surface area contributed by atoms with Crippen LogP contribution in [0.15, 0.2) is 23.1 Å². The van der Waals surface area contributed by atoms with Crippen molar-refractivity contribution in [2.45, 2.75) is 44.2 Å². The Hall–Kier alpha value is -0.620. The number of hydrogen-bond donors (Lipinski definition) is 1. The summed E-state index contributed by atoms with van der Waals surface area (Å²) in [6.45, 7) is 6.04. The fourth-order valence-corrected chi connectivity index (χ4v) is 3.20. The van der Waals surface area contributed by atoms with Gasteiger partial charge in [0.15, 0.2) is 9.84 Å². The van der Waals surface area contributed by atoms with Gasteiger partial charge in [0.25, 0.3) is 0 Å². The minimum atomic E-state index is -3.26. The number of halogens is 1. The molecule has 0 amide bonds. The maximum absolute atomic E-state index is 11.7. The molecule has 21 heavy (non-hydrogen) atoms. The number of benzene rings is 1. The zero-order valence-corrected chi connectivity index (χ0v) is 14.4. The molecule has 0 aliphatic heterocycles. The van der Waals surface area contributed by atoms with Gasteiger partial charge in [-0.15, -0.1) is 0 Å². The predicted molar refractivity (Wildman–Crippen MR) is 86.6 cm³/mol. The van der Waals surface area contributed by atoms with Gasteiger partial charge in [-0.1, -0.05) is 17.7 Å². The van der Waals surface area contributed by atoms with Gasteiger partial charge in [0, 0.05) is 30.0 Å². The Kier molecular flexibility index (Phi) is 7.66. The first-order valence-electron chi connectivity index (χ1n) is 7.12. The van der Waals surface area contributed by atoms with E-state index in [0.29, 0.717) is 22.0 Å². The van der Waals surface area contributed by atoms with Crippen molar-refractivity contribution in [2.75, 3.05) is 19.4 Å². The fourth-order valence-electron chi connectivity index (χ4n) is 1.94. The van der Waals surface area contributed by atoms with Crippen LogP contribution in [0.4, 0.5) is 0 Å². The largest absolute Gasteiger partial charge is 0.379 e. The van der Waals surface area contributed by atoms with Crippen LogP contribution in [0.3, 0.4) is 0 Å². The minimum absolute atomic E-state index is 0.262. The van der Waals surface area contributed by atoms with Crippen molar-refractivity contribution < 1.29 is 13.2 Å². The molecule has 1 aromatic carbocycles. The number of rotatable bonds is 9. The molecule has 0 aliphatic carbocycles. The average molecular weight is 334 g/mol. The lowest BCUT2D eigenvalue weighted by Crippen LogP contribution is -2.18. The molecule has 0 heterocycles. The standard InChI is InChI=1S/C15H24ClNO3S/c1-12(2)20-10-5-4-9-17-11-13-14(16)7-6-8-15(13)21(3,18)19/h6-8,12,17H,4-5,9-11H2,1-3H3. The van der Waals surface area contributed by atoms with Gasteiger partial charge in [-0.2, -0.15) is 0 Å². The molecule has 0 saturated carbocycles. The second-order valence-corrected chi connectivity index (χ2v) is 7.68. The number of ether oxygens (including phenoxy) is 1. The van der Waals surface area contributed by atoms with Crippen molar-refractivity contribution in [1.82, 2.24) is 5.32 Å². The molecule has 0 atom stereocenters. The molecule has 6 heteroatoms. The van der Waals surface area contributed by atoms with E-state index in [1.807, 2.05) is 13.8 Å². The van der Waals surface area contributed by atoms with E-state index in [4.69, 9.17) is 16.3 Å². The molecule has 0 saturated heterocycles. The molecule has 0 unspecified atom stereocenters. The summed E-state index contributed by atoms with van der Waals surface area (Å²) in [5.74, 6) is 0. The summed E-state index contributed by atoms with van der Waals surface area (Å²) in [6, 6.07) is 4.96. The van der Waals surface area contributed by atoms with Crippen molar-refractivity contribution in [3.63, 3.8) is 0 Å². The lowest BCUT2D eigenvalue weighted by Gasteiger charge is -2.11. The second-order valence-electron chi connectivity index (χ2n) is 5.29. The second kappa shape index (κ2) is 8.73. The Balaban J connectivity index is 2.46. The molecular formula is C15H24ClNO3S. The summed E-state index contributed by atoms with van der Waals surface area (Å²) >= 11 is 6.11. The maximum atomic E-state index is 11.7. The van der Waals surface area contributed by atoms with Crippen LogP contribution in [-0.2, 0) is 21.1 Å². The zero-order valence-electron chi connectivity index (χ0n) is 12.9. The Morgan fingerprint density at radius 1 is 1.29 bits per heavy atom. The third-order valence-electron chi connectivity index (χ3n) is 2.98. The molecule has 4 nitrogen and oxygen atoms in total. The van der Waals surface area contributed by atoms with Crippen LogP contribution in [0.25, 0.3) is 0 Å². The molecule has 0 fully saturated rings. The number of nitrogens with one attached hydrogen (secondary N) is 1. The van der Waals surface area contributed by atoms with Crippen molar-refractivity contribution in [1.29, 1.82) is 0 Å². The summed E-state index contributed by atoms with van der Waals surface area (Å²) in [7, 11) is -3.26. The summed E-state index contributed by atoms with van der Waals surface area (Å²) < 4.78 is 28.9. The van der Waals surface area contributed by atoms with Crippen LogP contribution < -0.4 is 5.32 Å². The highest BCUT2D eigenvalue weighted by Gasteiger charge is 2.15. The van der Waals surface area contributed by atoms with Gasteiger partial charge in [-0.05, 0) is 45.4 Å². The quantitative estimate of drug-likeness (QED) is 0.706. The van der Waals surface area contributed by atoms with E-state index in [1.54, 1.807) is 18.2 Å². The van der Waals surface area contributed by atoms with E-state index in [1.165, 1.54) is 6.26 Å². The Morgan fingerprint density at radius 2 is 2.00 bits per heavy atom. The van der Waals surface area contributed by atoms with Crippen molar-refractivity contribution in [2.24, 2.45) is 0 Å². The van der Waals surface area contributed by atoms with Gasteiger partial charge in [0.1, 0.15) is 0 Å². The van der Waals surface area contributed by atoms with Gasteiger partial charge in [-0.3, -0.25) is 0 Å². The highest BCUT2D eigenvalue weighted by Crippen LogP contribution is 2.23. The summed E-state index contributed by atoms with van der Waals surface area (Å²) in [4.78, 5) is 0.297. The van der Waals surface area contributed by atoms with Gasteiger partial charge >= 0.3 is 0 Å². The van der Waals surface area contributed by atoms with E-state index in [0.717, 1.165) is 26.0 Å². The molecule has 1 N–H and O–H groups in total. The van der Waals surface area contributed by atoms with Gasteiger partial charge in [0.2, 0.25) is 0 Å². The number of sulfone groups is 1. The third kappa shape index (κ3) is 6.78. The van der Waals surface area contributed by atoms with Gasteiger partial charge in [0.05, 0.1) is 11.0 Å². The highest BCUT2D eigenvalue weighted by molar-refractivity contribution is 7.90. The van der Waals surface area contributed by atoms with Crippen LogP contribution in [0, 0.1) is 0 Å². The molecule has 1 aromatic rings. The Morgan fingerprint density at radius 3 is 2.62 bits per heavy atom. The molecule has 0 aromatic heterocycles. The summed E-state index contributed by atoms with van der Waals surface area (Å²) in [5.41, 5.74) is 0.639. The molecule has 0 spiro atoms. The minimum Gasteiger partial charge on any atom is -0.379 e. The SMILES string of the molecule is CC(C)OCCCCNCc1c(Cl)cccc1S(C)(=O)=O. The van der Waals surface area contributed by atoms with Crippen molar-refractivity contribution >= 4 is 21.4 Å². The number of hydrogen-bond acceptors (Lipinski definition) is 4. The summed E-state index contributed by atoms with van der Waals surface area (Å²) in [5, 5.41) is 3.72. The van der Waals surface area contributed by atoms with Crippen LogP contribution in [0.2, 0.25) is 5.02 Å². The molecule has 1 rings (SSSR count). The van der Waals surface area contributed by atoms with E-state index in [2.05, 4.69) is 5.32 Å². The number of unbranched alkanes of at least 4 members (excludes halogenated alkanes) is 1. The third-order valence-corrected chi connectivity index (χ3v) is 4.51. The first-order valence-corrected chi connectivity index (χ1v) is 9.39. The average Bonchev–Trinajstić information content (AvgIpc) is 2.37. The summed E-state index contributed by atoms with van der Waals surface area (Å²) in [6.07, 6.45) is 3.42. The highest BCUT2D eigenvalue weighted by atomic mass is 35.5. The first kappa shape index (κ1) is 18.4. The lowest BCUT2D eigenvalue weighted by molar-refractivity contribution is 0.0760. The molecule has 0 radical (unpaired) electrons. The van der Waals surface area contributed by atoms with E-state index in [9.17, 15) is 8.42 Å². The first-order chi connectivity index (χ1) is 9.82. The van der Waals surface area contributed by atoms with Crippen molar-refractivity contribution in [3.8, 4) is 0 Å². The Bertz CT molecular complexity index is 544. The smallest absolute Gasteiger partial charge is 0.175 e. The van der Waals surface area contributed by atoms with E-state index < -0.39 is 9.84 Å². The predicted octanol–water partition coefficient (Wildman–Crippen LogP) is 3.04. The van der Waals surface area contributed by atoms with Crippen LogP contribution in [0.5, 0.6) is 0 Å². The monoisotopic (exact) mass is 333 g/mol. The fraction of sp³-hybridized carbons (Fsp3) is 0.600. The van der Waals surface area contributed by atoms with Gasteiger partial charge < -0.3 is 10.1 Å². The molecule has 0 aliphatic rings. The van der Waals surface area contributed by atoms with Crippen molar-refractivity contribution in [3.05, 3.63) is 28.8 Å². The van der Waals surface area contributed by atoms with E-state index in [-0.39, 0.29) is 6.10 Å². The van der Waals surface area contributed by atoms with Gasteiger partial charge in [-0.25, -0.2) is 8.42 Å². The van der Waals surface area contributed by atoms with Crippen LogP contribution >= 0.6 is 11.6 Å². The molecule has 0 bridgehead atoms. The topological polar surface area (TPSA) is 55.4 Å². The maximum Gasteiger partial charge on any atom is 0.175 e. The van der Waals surface area contributed by atoms with Crippen LogP contribution in [0.1, 0.15) is 32.3 Å². The Labute approximate surface area is 132 Å². The molecule has 120 valence electrons.